The first kappa shape index (κ1) is 17.2. The van der Waals surface area contributed by atoms with Crippen LogP contribution in [-0.2, 0) is 4.79 Å². The van der Waals surface area contributed by atoms with E-state index in [1.165, 1.54) is 12.1 Å². The predicted octanol–water partition coefficient (Wildman–Crippen LogP) is 3.21. The van der Waals surface area contributed by atoms with E-state index < -0.39 is 0 Å². The Bertz CT molecular complexity index is 484. The maximum absolute atomic E-state index is 13.0. The van der Waals surface area contributed by atoms with Crippen LogP contribution < -0.4 is 11.1 Å². The first-order chi connectivity index (χ1) is 8.97. The number of halogens is 3. The van der Waals surface area contributed by atoms with Crippen molar-refractivity contribution in [1.29, 1.82) is 0 Å². The average molecular weight is 321 g/mol. The number of rotatable bonds is 3. The maximum atomic E-state index is 13.0. The quantitative estimate of drug-likeness (QED) is 0.898. The van der Waals surface area contributed by atoms with Gasteiger partial charge in [0.15, 0.2) is 0 Å². The average Bonchev–Trinajstić information content (AvgIpc) is 2.75. The van der Waals surface area contributed by atoms with E-state index in [4.69, 9.17) is 17.3 Å². The predicted molar refractivity (Wildman–Crippen MR) is 80.5 cm³/mol. The van der Waals surface area contributed by atoms with E-state index >= 15 is 0 Å². The van der Waals surface area contributed by atoms with E-state index in [1.807, 2.05) is 6.92 Å². The van der Waals surface area contributed by atoms with Crippen LogP contribution in [0.25, 0.3) is 0 Å². The van der Waals surface area contributed by atoms with E-state index in [-0.39, 0.29) is 42.1 Å². The van der Waals surface area contributed by atoms with Gasteiger partial charge in [0.05, 0.1) is 6.04 Å². The first-order valence-electron chi connectivity index (χ1n) is 6.48. The van der Waals surface area contributed by atoms with Gasteiger partial charge in [-0.25, -0.2) is 4.39 Å². The zero-order valence-electron chi connectivity index (χ0n) is 11.2. The minimum atomic E-state index is -0.381. The molecule has 3 N–H and O–H groups in total. The molecule has 1 amide bonds. The summed E-state index contributed by atoms with van der Waals surface area (Å²) in [5.41, 5.74) is 6.52. The molecule has 3 atom stereocenters. The first-order valence-corrected chi connectivity index (χ1v) is 6.86. The van der Waals surface area contributed by atoms with Crippen molar-refractivity contribution in [3.8, 4) is 0 Å². The number of nitrogens with two attached hydrogens (primary N) is 1. The fourth-order valence-corrected chi connectivity index (χ4v) is 2.85. The van der Waals surface area contributed by atoms with Crippen LogP contribution in [0.4, 0.5) is 4.39 Å². The zero-order chi connectivity index (χ0) is 14.0. The van der Waals surface area contributed by atoms with Crippen molar-refractivity contribution in [2.45, 2.75) is 38.3 Å². The molecule has 3 nitrogen and oxygen atoms in total. The highest BCUT2D eigenvalue weighted by Crippen LogP contribution is 2.27. The molecule has 20 heavy (non-hydrogen) atoms. The maximum Gasteiger partial charge on any atom is 0.223 e. The Hall–Kier alpha value is -0.840. The van der Waals surface area contributed by atoms with Gasteiger partial charge in [0, 0.05) is 17.0 Å². The van der Waals surface area contributed by atoms with Gasteiger partial charge in [-0.05, 0) is 43.9 Å². The van der Waals surface area contributed by atoms with Crippen LogP contribution in [0.15, 0.2) is 18.2 Å². The van der Waals surface area contributed by atoms with Crippen molar-refractivity contribution < 1.29 is 9.18 Å². The van der Waals surface area contributed by atoms with E-state index in [0.717, 1.165) is 24.8 Å². The van der Waals surface area contributed by atoms with Crippen LogP contribution in [0.5, 0.6) is 0 Å². The third-order valence-corrected chi connectivity index (χ3v) is 3.96. The van der Waals surface area contributed by atoms with Gasteiger partial charge in [0.1, 0.15) is 5.82 Å². The molecule has 1 fully saturated rings. The topological polar surface area (TPSA) is 55.1 Å². The van der Waals surface area contributed by atoms with Crippen LogP contribution >= 0.6 is 24.0 Å². The minimum Gasteiger partial charge on any atom is -0.349 e. The zero-order valence-corrected chi connectivity index (χ0v) is 12.8. The second-order valence-electron chi connectivity index (χ2n) is 5.17. The van der Waals surface area contributed by atoms with Crippen LogP contribution in [0.3, 0.4) is 0 Å². The molecular weight excluding hydrogens is 302 g/mol. The third kappa shape index (κ3) is 4.08. The van der Waals surface area contributed by atoms with Gasteiger partial charge in [0.25, 0.3) is 0 Å². The van der Waals surface area contributed by atoms with Crippen molar-refractivity contribution in [2.24, 2.45) is 11.7 Å². The Morgan fingerprint density at radius 1 is 1.50 bits per heavy atom. The highest BCUT2D eigenvalue weighted by molar-refractivity contribution is 6.31. The van der Waals surface area contributed by atoms with Crippen LogP contribution in [-0.4, -0.2) is 11.9 Å². The van der Waals surface area contributed by atoms with Gasteiger partial charge in [0.2, 0.25) is 5.91 Å². The number of carbonyl (C=O) groups is 1. The highest BCUT2D eigenvalue weighted by Gasteiger charge is 2.28. The lowest BCUT2D eigenvalue weighted by Crippen LogP contribution is -2.32. The van der Waals surface area contributed by atoms with Crippen LogP contribution in [0.1, 0.15) is 37.8 Å². The van der Waals surface area contributed by atoms with E-state index in [9.17, 15) is 9.18 Å². The molecular formula is C14H19Cl2FN2O. The molecule has 0 heterocycles. The molecule has 3 unspecified atom stereocenters. The third-order valence-electron chi connectivity index (χ3n) is 3.63. The van der Waals surface area contributed by atoms with E-state index in [2.05, 4.69) is 5.32 Å². The Labute approximate surface area is 129 Å². The molecule has 0 radical (unpaired) electrons. The monoisotopic (exact) mass is 320 g/mol. The SMILES string of the molecule is CC(NC(=O)C1CCC(N)C1)c1ccc(F)cc1Cl.Cl. The number of amides is 1. The summed E-state index contributed by atoms with van der Waals surface area (Å²) in [5.74, 6) is -0.397. The molecule has 0 aliphatic heterocycles. The Morgan fingerprint density at radius 3 is 2.75 bits per heavy atom. The fraction of sp³-hybridized carbons (Fsp3) is 0.500. The van der Waals surface area contributed by atoms with Gasteiger partial charge in [-0.1, -0.05) is 17.7 Å². The summed E-state index contributed by atoms with van der Waals surface area (Å²) in [7, 11) is 0. The molecule has 1 aromatic rings. The summed E-state index contributed by atoms with van der Waals surface area (Å²) in [6.07, 6.45) is 2.45. The largest absolute Gasteiger partial charge is 0.349 e. The summed E-state index contributed by atoms with van der Waals surface area (Å²) in [6.45, 7) is 1.84. The van der Waals surface area contributed by atoms with Gasteiger partial charge in [-0.15, -0.1) is 12.4 Å². The molecule has 0 aromatic heterocycles. The lowest BCUT2D eigenvalue weighted by molar-refractivity contribution is -0.125. The summed E-state index contributed by atoms with van der Waals surface area (Å²) in [5, 5.41) is 3.25. The summed E-state index contributed by atoms with van der Waals surface area (Å²) < 4.78 is 13.0. The van der Waals surface area contributed by atoms with E-state index in [1.54, 1.807) is 6.07 Å². The van der Waals surface area contributed by atoms with Crippen molar-refractivity contribution in [2.75, 3.05) is 0 Å². The smallest absolute Gasteiger partial charge is 0.223 e. The van der Waals surface area contributed by atoms with Gasteiger partial charge >= 0.3 is 0 Å². The van der Waals surface area contributed by atoms with Gasteiger partial charge in [-0.3, -0.25) is 4.79 Å². The summed E-state index contributed by atoms with van der Waals surface area (Å²) in [6, 6.07) is 4.08. The number of hydrogen-bond donors (Lipinski definition) is 2. The van der Waals surface area contributed by atoms with E-state index in [0.29, 0.717) is 5.02 Å². The van der Waals surface area contributed by atoms with Crippen molar-refractivity contribution >= 4 is 29.9 Å². The number of carbonyl (C=O) groups excluding carboxylic acids is 1. The molecule has 0 saturated heterocycles. The normalized spacial score (nSPS) is 23.0. The molecule has 1 saturated carbocycles. The van der Waals surface area contributed by atoms with Crippen molar-refractivity contribution in [3.63, 3.8) is 0 Å². The standard InChI is InChI=1S/C14H18ClFN2O.ClH/c1-8(12-5-3-10(16)7-13(12)15)18-14(19)9-2-4-11(17)6-9;/h3,5,7-9,11H,2,4,6,17H2,1H3,(H,18,19);1H. The second-order valence-corrected chi connectivity index (χ2v) is 5.57. The van der Waals surface area contributed by atoms with Crippen LogP contribution in [0.2, 0.25) is 5.02 Å². The molecule has 1 aliphatic rings. The number of benzene rings is 1. The summed E-state index contributed by atoms with van der Waals surface area (Å²) in [4.78, 5) is 12.1. The second kappa shape index (κ2) is 7.25. The lowest BCUT2D eigenvalue weighted by atomic mass is 10.0. The molecule has 2 rings (SSSR count). The van der Waals surface area contributed by atoms with Crippen LogP contribution in [0, 0.1) is 11.7 Å². The number of nitrogens with one attached hydrogen (secondary N) is 1. The molecule has 6 heteroatoms. The minimum absolute atomic E-state index is 0. The fourth-order valence-electron chi connectivity index (χ4n) is 2.52. The van der Waals surface area contributed by atoms with Gasteiger partial charge in [-0.2, -0.15) is 0 Å². The molecule has 0 spiro atoms. The van der Waals surface area contributed by atoms with Crippen molar-refractivity contribution in [1.82, 2.24) is 5.32 Å². The Balaban J connectivity index is 0.00000200. The van der Waals surface area contributed by atoms with Crippen molar-refractivity contribution in [3.05, 3.63) is 34.6 Å². The number of hydrogen-bond acceptors (Lipinski definition) is 2. The molecule has 1 aliphatic carbocycles. The molecule has 112 valence electrons. The molecule has 1 aromatic carbocycles. The highest BCUT2D eigenvalue weighted by atomic mass is 35.5. The van der Waals surface area contributed by atoms with Gasteiger partial charge < -0.3 is 11.1 Å². The Kier molecular flexibility index (Phi) is 6.24. The Morgan fingerprint density at radius 2 is 2.20 bits per heavy atom. The summed E-state index contributed by atoms with van der Waals surface area (Å²) >= 11 is 5.98. The lowest BCUT2D eigenvalue weighted by Gasteiger charge is -2.18. The molecule has 0 bridgehead atoms.